The van der Waals surface area contributed by atoms with Gasteiger partial charge in [-0.25, -0.2) is 0 Å². The molecule has 0 radical (unpaired) electrons. The highest BCUT2D eigenvalue weighted by atomic mass is 35.5. The Morgan fingerprint density at radius 2 is 2.04 bits per heavy atom. The SMILES string of the molecule is Cc1ccc(NC(=O)CC(NCCCOC(C)C)C(=O)O)cc1Cl. The van der Waals surface area contributed by atoms with E-state index >= 15 is 0 Å². The maximum atomic E-state index is 12.0. The monoisotopic (exact) mass is 356 g/mol. The third-order valence-electron chi connectivity index (χ3n) is 3.31. The number of amides is 1. The first-order valence-electron chi connectivity index (χ1n) is 7.93. The Morgan fingerprint density at radius 3 is 2.62 bits per heavy atom. The number of carboxylic acid groups (broad SMARTS) is 1. The molecule has 0 spiro atoms. The molecular formula is C17H25ClN2O4. The molecular weight excluding hydrogens is 332 g/mol. The number of ether oxygens (including phenoxy) is 1. The van der Waals surface area contributed by atoms with Gasteiger partial charge in [-0.1, -0.05) is 17.7 Å². The largest absolute Gasteiger partial charge is 0.480 e. The molecule has 24 heavy (non-hydrogen) atoms. The summed E-state index contributed by atoms with van der Waals surface area (Å²) in [6, 6.07) is 4.22. The van der Waals surface area contributed by atoms with Crippen molar-refractivity contribution < 1.29 is 19.4 Å². The molecule has 1 atom stereocenters. The first-order chi connectivity index (χ1) is 11.3. The Hall–Kier alpha value is -1.63. The molecule has 134 valence electrons. The van der Waals surface area contributed by atoms with E-state index in [4.69, 9.17) is 16.3 Å². The molecule has 0 aromatic heterocycles. The van der Waals surface area contributed by atoms with Crippen LogP contribution in [-0.4, -0.2) is 42.3 Å². The molecule has 3 N–H and O–H groups in total. The minimum Gasteiger partial charge on any atom is -0.480 e. The van der Waals surface area contributed by atoms with Gasteiger partial charge in [0.1, 0.15) is 6.04 Å². The van der Waals surface area contributed by atoms with E-state index in [9.17, 15) is 14.7 Å². The number of halogens is 1. The van der Waals surface area contributed by atoms with E-state index in [-0.39, 0.29) is 18.4 Å². The van der Waals surface area contributed by atoms with E-state index in [1.165, 1.54) is 0 Å². The smallest absolute Gasteiger partial charge is 0.321 e. The summed E-state index contributed by atoms with van der Waals surface area (Å²) >= 11 is 6.00. The maximum Gasteiger partial charge on any atom is 0.321 e. The molecule has 0 bridgehead atoms. The van der Waals surface area contributed by atoms with Crippen LogP contribution in [0, 0.1) is 6.92 Å². The second-order valence-electron chi connectivity index (χ2n) is 5.83. The van der Waals surface area contributed by atoms with Gasteiger partial charge in [0.05, 0.1) is 12.5 Å². The average molecular weight is 357 g/mol. The van der Waals surface area contributed by atoms with Crippen molar-refractivity contribution in [2.75, 3.05) is 18.5 Å². The number of benzene rings is 1. The van der Waals surface area contributed by atoms with Crippen LogP contribution in [-0.2, 0) is 14.3 Å². The van der Waals surface area contributed by atoms with E-state index in [2.05, 4.69) is 10.6 Å². The average Bonchev–Trinajstić information content (AvgIpc) is 2.49. The molecule has 0 aliphatic carbocycles. The minimum absolute atomic E-state index is 0.146. The zero-order valence-corrected chi connectivity index (χ0v) is 15.0. The van der Waals surface area contributed by atoms with Crippen molar-refractivity contribution >= 4 is 29.2 Å². The summed E-state index contributed by atoms with van der Waals surface area (Å²) in [5, 5.41) is 15.3. The number of nitrogens with one attached hydrogen (secondary N) is 2. The fraction of sp³-hybridized carbons (Fsp3) is 0.529. The first-order valence-corrected chi connectivity index (χ1v) is 8.31. The van der Waals surface area contributed by atoms with Gasteiger partial charge in [0, 0.05) is 17.3 Å². The maximum absolute atomic E-state index is 12.0. The zero-order valence-electron chi connectivity index (χ0n) is 14.3. The van der Waals surface area contributed by atoms with Crippen molar-refractivity contribution in [2.45, 2.75) is 45.8 Å². The highest BCUT2D eigenvalue weighted by Gasteiger charge is 2.20. The predicted octanol–water partition coefficient (Wildman–Crippen LogP) is 2.83. The molecule has 0 aliphatic rings. The van der Waals surface area contributed by atoms with Gasteiger partial charge in [-0.2, -0.15) is 0 Å². The van der Waals surface area contributed by atoms with Crippen LogP contribution in [0.25, 0.3) is 0 Å². The molecule has 1 unspecified atom stereocenters. The summed E-state index contributed by atoms with van der Waals surface area (Å²) in [5.74, 6) is -1.44. The molecule has 7 heteroatoms. The summed E-state index contributed by atoms with van der Waals surface area (Å²) in [7, 11) is 0. The molecule has 0 fully saturated rings. The van der Waals surface area contributed by atoms with Crippen LogP contribution in [0.2, 0.25) is 5.02 Å². The van der Waals surface area contributed by atoms with E-state index in [1.807, 2.05) is 20.8 Å². The number of carbonyl (C=O) groups excluding carboxylic acids is 1. The first kappa shape index (κ1) is 20.4. The lowest BCUT2D eigenvalue weighted by molar-refractivity contribution is -0.141. The van der Waals surface area contributed by atoms with Crippen LogP contribution >= 0.6 is 11.6 Å². The number of aliphatic carboxylic acids is 1. The van der Waals surface area contributed by atoms with Gasteiger partial charge in [0.25, 0.3) is 0 Å². The van der Waals surface area contributed by atoms with Crippen LogP contribution in [0.15, 0.2) is 18.2 Å². The second-order valence-corrected chi connectivity index (χ2v) is 6.24. The van der Waals surface area contributed by atoms with E-state index in [0.29, 0.717) is 30.3 Å². The standard InChI is InChI=1S/C17H25ClN2O4/c1-11(2)24-8-4-7-19-15(17(22)23)10-16(21)20-13-6-5-12(3)14(18)9-13/h5-6,9,11,15,19H,4,7-8,10H2,1-3H3,(H,20,21)(H,22,23). The quantitative estimate of drug-likeness (QED) is 0.561. The van der Waals surface area contributed by atoms with Gasteiger partial charge in [-0.05, 0) is 51.4 Å². The molecule has 0 aliphatic heterocycles. The molecule has 1 aromatic carbocycles. The predicted molar refractivity (Wildman–Crippen MR) is 94.6 cm³/mol. The lowest BCUT2D eigenvalue weighted by Crippen LogP contribution is -2.40. The number of hydrogen-bond donors (Lipinski definition) is 3. The minimum atomic E-state index is -1.06. The zero-order chi connectivity index (χ0) is 18.1. The normalized spacial score (nSPS) is 12.2. The Balaban J connectivity index is 2.44. The lowest BCUT2D eigenvalue weighted by Gasteiger charge is -2.15. The highest BCUT2D eigenvalue weighted by molar-refractivity contribution is 6.31. The number of rotatable bonds is 10. The fourth-order valence-corrected chi connectivity index (χ4v) is 2.16. The van der Waals surface area contributed by atoms with Crippen molar-refractivity contribution in [1.82, 2.24) is 5.32 Å². The summed E-state index contributed by atoms with van der Waals surface area (Å²) in [6.45, 7) is 6.75. The number of hydrogen-bond acceptors (Lipinski definition) is 4. The van der Waals surface area contributed by atoms with Gasteiger partial charge in [-0.3, -0.25) is 9.59 Å². The van der Waals surface area contributed by atoms with Gasteiger partial charge >= 0.3 is 5.97 Å². The van der Waals surface area contributed by atoms with Gasteiger partial charge in [0.15, 0.2) is 0 Å². The fourth-order valence-electron chi connectivity index (χ4n) is 1.98. The van der Waals surface area contributed by atoms with Crippen LogP contribution in [0.1, 0.15) is 32.3 Å². The molecule has 0 heterocycles. The van der Waals surface area contributed by atoms with Crippen LogP contribution in [0.5, 0.6) is 0 Å². The summed E-state index contributed by atoms with van der Waals surface area (Å²) in [5.41, 5.74) is 1.45. The molecule has 1 aromatic rings. The molecule has 1 rings (SSSR count). The molecule has 0 saturated heterocycles. The van der Waals surface area contributed by atoms with Crippen molar-refractivity contribution in [3.63, 3.8) is 0 Å². The van der Waals surface area contributed by atoms with Crippen LogP contribution in [0.3, 0.4) is 0 Å². The Labute approximate surface area is 147 Å². The van der Waals surface area contributed by atoms with Crippen LogP contribution in [0.4, 0.5) is 5.69 Å². The van der Waals surface area contributed by atoms with Gasteiger partial charge in [-0.15, -0.1) is 0 Å². The number of carbonyl (C=O) groups is 2. The van der Waals surface area contributed by atoms with Crippen molar-refractivity contribution in [3.05, 3.63) is 28.8 Å². The van der Waals surface area contributed by atoms with E-state index < -0.39 is 12.0 Å². The number of carboxylic acids is 1. The molecule has 0 saturated carbocycles. The Bertz CT molecular complexity index is 564. The number of anilines is 1. The third kappa shape index (κ3) is 7.77. The van der Waals surface area contributed by atoms with Crippen molar-refractivity contribution in [3.8, 4) is 0 Å². The summed E-state index contributed by atoms with van der Waals surface area (Å²) in [4.78, 5) is 23.3. The highest BCUT2D eigenvalue weighted by Crippen LogP contribution is 2.20. The molecule has 6 nitrogen and oxygen atoms in total. The van der Waals surface area contributed by atoms with Gasteiger partial charge in [0.2, 0.25) is 5.91 Å². The van der Waals surface area contributed by atoms with Crippen molar-refractivity contribution in [2.24, 2.45) is 0 Å². The van der Waals surface area contributed by atoms with E-state index in [1.54, 1.807) is 18.2 Å². The summed E-state index contributed by atoms with van der Waals surface area (Å²) in [6.07, 6.45) is 0.663. The number of aryl methyl sites for hydroxylation is 1. The summed E-state index contributed by atoms with van der Waals surface area (Å²) < 4.78 is 5.39. The second kappa shape index (κ2) is 10.3. The lowest BCUT2D eigenvalue weighted by atomic mass is 10.1. The Kier molecular flexibility index (Phi) is 8.74. The van der Waals surface area contributed by atoms with Crippen molar-refractivity contribution in [1.29, 1.82) is 0 Å². The van der Waals surface area contributed by atoms with Gasteiger partial charge < -0.3 is 20.5 Å². The topological polar surface area (TPSA) is 87.7 Å². The Morgan fingerprint density at radius 1 is 1.33 bits per heavy atom. The molecule has 1 amide bonds. The van der Waals surface area contributed by atoms with E-state index in [0.717, 1.165) is 5.56 Å². The van der Waals surface area contributed by atoms with Crippen LogP contribution < -0.4 is 10.6 Å². The third-order valence-corrected chi connectivity index (χ3v) is 3.71.